The summed E-state index contributed by atoms with van der Waals surface area (Å²) >= 11 is 12.9. The van der Waals surface area contributed by atoms with Crippen molar-refractivity contribution in [2.45, 2.75) is 13.5 Å². The van der Waals surface area contributed by atoms with Crippen molar-refractivity contribution in [2.24, 2.45) is 0 Å². The highest BCUT2D eigenvalue weighted by atomic mass is 35.5. The maximum Gasteiger partial charge on any atom is 0.339 e. The monoisotopic (exact) mass is 425 g/mol. The van der Waals surface area contributed by atoms with Crippen LogP contribution in [0.2, 0.25) is 10.0 Å². The predicted octanol–water partition coefficient (Wildman–Crippen LogP) is 3.58. The summed E-state index contributed by atoms with van der Waals surface area (Å²) < 4.78 is 6.09. The molecule has 0 aliphatic rings. The Morgan fingerprint density at radius 3 is 2.78 bits per heavy atom. The molecule has 0 bridgehead atoms. The van der Waals surface area contributed by atoms with Gasteiger partial charge in [0.15, 0.2) is 0 Å². The Bertz CT molecular complexity index is 1090. The van der Waals surface area contributed by atoms with E-state index in [2.05, 4.69) is 10.3 Å². The molecule has 27 heavy (non-hydrogen) atoms. The second-order valence-electron chi connectivity index (χ2n) is 5.40. The van der Waals surface area contributed by atoms with Crippen LogP contribution in [0.1, 0.15) is 17.3 Å². The Morgan fingerprint density at radius 2 is 2.07 bits per heavy atom. The molecule has 0 atom stereocenters. The fourth-order valence-corrected chi connectivity index (χ4v) is 3.53. The molecule has 0 saturated heterocycles. The van der Waals surface area contributed by atoms with Gasteiger partial charge in [-0.2, -0.15) is 0 Å². The smallest absolute Gasteiger partial charge is 0.339 e. The molecule has 2 aromatic heterocycles. The van der Waals surface area contributed by atoms with E-state index in [0.717, 1.165) is 15.9 Å². The van der Waals surface area contributed by atoms with Crippen LogP contribution in [0.25, 0.3) is 10.2 Å². The number of nitrogens with one attached hydrogen (secondary N) is 1. The average molecular weight is 426 g/mol. The zero-order chi connectivity index (χ0) is 19.6. The number of hydrogen-bond acceptors (Lipinski definition) is 6. The number of carbonyl (C=O) groups excluding carboxylic acids is 2. The van der Waals surface area contributed by atoms with Gasteiger partial charge in [-0.1, -0.05) is 23.2 Å². The first-order valence-electron chi connectivity index (χ1n) is 7.79. The summed E-state index contributed by atoms with van der Waals surface area (Å²) in [6.45, 7) is 1.59. The van der Waals surface area contributed by atoms with Gasteiger partial charge < -0.3 is 10.1 Å². The van der Waals surface area contributed by atoms with Gasteiger partial charge in [-0.25, -0.2) is 9.78 Å². The quantitative estimate of drug-likeness (QED) is 0.630. The SMILES string of the molecule is CCOC(=O)c1csc2ncn(CC(=O)Nc3ccc(Cl)c(Cl)c3)c(=O)c12. The standard InChI is InChI=1S/C17H13Cl2N3O4S/c1-2-26-17(25)10-7-27-15-14(10)16(24)22(8-20-15)6-13(23)21-9-3-4-11(18)12(19)5-9/h3-5,7-8H,2,6H2,1H3,(H,21,23). The van der Waals surface area contributed by atoms with Gasteiger partial charge in [0, 0.05) is 11.1 Å². The Morgan fingerprint density at radius 1 is 1.30 bits per heavy atom. The van der Waals surface area contributed by atoms with Crippen molar-refractivity contribution in [3.05, 3.63) is 55.9 Å². The van der Waals surface area contributed by atoms with E-state index < -0.39 is 17.4 Å². The molecular weight excluding hydrogens is 413 g/mol. The van der Waals surface area contributed by atoms with Crippen LogP contribution in [-0.4, -0.2) is 28.0 Å². The van der Waals surface area contributed by atoms with Crippen molar-refractivity contribution < 1.29 is 14.3 Å². The Balaban J connectivity index is 1.86. The summed E-state index contributed by atoms with van der Waals surface area (Å²) in [4.78, 5) is 41.5. The molecule has 7 nitrogen and oxygen atoms in total. The average Bonchev–Trinajstić information content (AvgIpc) is 3.06. The fourth-order valence-electron chi connectivity index (χ4n) is 2.37. The molecule has 140 valence electrons. The van der Waals surface area contributed by atoms with Crippen molar-refractivity contribution in [3.8, 4) is 0 Å². The lowest BCUT2D eigenvalue weighted by Crippen LogP contribution is -2.28. The number of anilines is 1. The normalized spacial score (nSPS) is 10.8. The second-order valence-corrected chi connectivity index (χ2v) is 7.08. The largest absolute Gasteiger partial charge is 0.462 e. The van der Waals surface area contributed by atoms with Crippen molar-refractivity contribution in [1.82, 2.24) is 9.55 Å². The number of esters is 1. The minimum atomic E-state index is -0.597. The molecule has 3 aromatic rings. The molecule has 0 aliphatic carbocycles. The Hall–Kier alpha value is -2.42. The molecule has 1 aromatic carbocycles. The molecule has 0 fully saturated rings. The van der Waals surface area contributed by atoms with Gasteiger partial charge in [-0.3, -0.25) is 14.2 Å². The van der Waals surface area contributed by atoms with Gasteiger partial charge in [-0.05, 0) is 25.1 Å². The first-order valence-corrected chi connectivity index (χ1v) is 9.43. The molecule has 0 spiro atoms. The van der Waals surface area contributed by atoms with E-state index in [1.165, 1.54) is 17.8 Å². The molecule has 1 N–H and O–H groups in total. The highest BCUT2D eigenvalue weighted by Gasteiger charge is 2.19. The first kappa shape index (κ1) is 19.3. The zero-order valence-electron chi connectivity index (χ0n) is 14.0. The van der Waals surface area contributed by atoms with Gasteiger partial charge in [-0.15, -0.1) is 11.3 Å². The lowest BCUT2D eigenvalue weighted by Gasteiger charge is -2.08. The van der Waals surface area contributed by atoms with Crippen LogP contribution in [0.3, 0.4) is 0 Å². The molecule has 1 amide bonds. The highest BCUT2D eigenvalue weighted by molar-refractivity contribution is 7.17. The maximum absolute atomic E-state index is 12.7. The molecule has 0 saturated carbocycles. The molecule has 0 radical (unpaired) electrons. The van der Waals surface area contributed by atoms with Crippen molar-refractivity contribution in [1.29, 1.82) is 0 Å². The number of hydrogen-bond donors (Lipinski definition) is 1. The van der Waals surface area contributed by atoms with Crippen LogP contribution in [0.5, 0.6) is 0 Å². The zero-order valence-corrected chi connectivity index (χ0v) is 16.3. The number of benzene rings is 1. The van der Waals surface area contributed by atoms with E-state index in [9.17, 15) is 14.4 Å². The van der Waals surface area contributed by atoms with Gasteiger partial charge in [0.1, 0.15) is 11.4 Å². The second kappa shape index (κ2) is 8.08. The maximum atomic E-state index is 12.7. The summed E-state index contributed by atoms with van der Waals surface area (Å²) in [7, 11) is 0. The van der Waals surface area contributed by atoms with Gasteiger partial charge in [0.05, 0.1) is 33.9 Å². The van der Waals surface area contributed by atoms with Gasteiger partial charge in [0.25, 0.3) is 5.56 Å². The van der Waals surface area contributed by atoms with E-state index in [1.807, 2.05) is 0 Å². The minimum absolute atomic E-state index is 0.142. The van der Waals surface area contributed by atoms with Crippen molar-refractivity contribution >= 4 is 62.3 Å². The minimum Gasteiger partial charge on any atom is -0.462 e. The number of aromatic nitrogens is 2. The Kier molecular flexibility index (Phi) is 5.79. The molecule has 2 heterocycles. The van der Waals surface area contributed by atoms with E-state index in [0.29, 0.717) is 20.6 Å². The van der Waals surface area contributed by atoms with Gasteiger partial charge in [0.2, 0.25) is 5.91 Å². The molecule has 10 heteroatoms. The number of ether oxygens (including phenoxy) is 1. The number of amides is 1. The van der Waals surface area contributed by atoms with Crippen LogP contribution in [0.4, 0.5) is 5.69 Å². The third kappa shape index (κ3) is 4.13. The number of nitrogens with zero attached hydrogens (tertiary/aromatic N) is 2. The van der Waals surface area contributed by atoms with E-state index in [1.54, 1.807) is 19.1 Å². The fraction of sp³-hybridized carbons (Fsp3) is 0.176. The summed E-state index contributed by atoms with van der Waals surface area (Å²) in [5.74, 6) is -1.05. The van der Waals surface area contributed by atoms with Crippen LogP contribution in [-0.2, 0) is 16.1 Å². The summed E-state index contributed by atoms with van der Waals surface area (Å²) in [5, 5.41) is 4.96. The molecule has 0 aliphatic heterocycles. The number of rotatable bonds is 5. The molecular formula is C17H13Cl2N3O4S. The van der Waals surface area contributed by atoms with E-state index in [4.69, 9.17) is 27.9 Å². The topological polar surface area (TPSA) is 90.3 Å². The third-order valence-electron chi connectivity index (χ3n) is 3.57. The molecule has 3 rings (SSSR count). The predicted molar refractivity (Wildman–Crippen MR) is 105 cm³/mol. The van der Waals surface area contributed by atoms with Gasteiger partial charge >= 0.3 is 5.97 Å². The summed E-state index contributed by atoms with van der Waals surface area (Å²) in [6.07, 6.45) is 1.27. The molecule has 0 unspecified atom stereocenters. The van der Waals surface area contributed by atoms with Crippen molar-refractivity contribution in [3.63, 3.8) is 0 Å². The number of carbonyl (C=O) groups is 2. The van der Waals surface area contributed by atoms with Crippen LogP contribution in [0.15, 0.2) is 34.7 Å². The lowest BCUT2D eigenvalue weighted by molar-refractivity contribution is -0.116. The number of halogens is 2. The summed E-state index contributed by atoms with van der Waals surface area (Å²) in [5.41, 5.74) is 0.0985. The van der Waals surface area contributed by atoms with Crippen LogP contribution < -0.4 is 10.9 Å². The summed E-state index contributed by atoms with van der Waals surface area (Å²) in [6, 6.07) is 4.65. The Labute approximate surface area is 167 Å². The lowest BCUT2D eigenvalue weighted by atomic mass is 10.2. The van der Waals surface area contributed by atoms with E-state index in [-0.39, 0.29) is 24.1 Å². The van der Waals surface area contributed by atoms with Crippen LogP contribution >= 0.6 is 34.5 Å². The highest BCUT2D eigenvalue weighted by Crippen LogP contribution is 2.25. The number of fused-ring (bicyclic) bond motifs is 1. The number of thiophene rings is 1. The third-order valence-corrected chi connectivity index (χ3v) is 5.20. The van der Waals surface area contributed by atoms with E-state index >= 15 is 0 Å². The van der Waals surface area contributed by atoms with Crippen molar-refractivity contribution in [2.75, 3.05) is 11.9 Å². The first-order chi connectivity index (χ1) is 12.9. The van der Waals surface area contributed by atoms with Crippen LogP contribution in [0, 0.1) is 0 Å².